The van der Waals surface area contributed by atoms with E-state index in [0.717, 1.165) is 0 Å². The van der Waals surface area contributed by atoms with Crippen LogP contribution in [0.1, 0.15) is 13.8 Å². The molecular weight excluding hydrogens is 182 g/mol. The first-order valence-electron chi connectivity index (χ1n) is 3.53. The molecule has 0 aromatic rings. The van der Waals surface area contributed by atoms with Gasteiger partial charge in [-0.15, -0.1) is 12.4 Å². The zero-order valence-electron chi connectivity index (χ0n) is 7.57. The monoisotopic (exact) mass is 197 g/mol. The van der Waals surface area contributed by atoms with Gasteiger partial charge in [-0.1, -0.05) is 0 Å². The van der Waals surface area contributed by atoms with E-state index >= 15 is 0 Å². The molecule has 0 spiro atoms. The molecular formula is C7H16ClNO3. The first-order chi connectivity index (χ1) is 5.07. The summed E-state index contributed by atoms with van der Waals surface area (Å²) in [6.07, 6.45) is -0.0716. The highest BCUT2D eigenvalue weighted by Crippen LogP contribution is 1.91. The Labute approximate surface area is 78.8 Å². The van der Waals surface area contributed by atoms with Crippen LogP contribution in [0, 0.1) is 0 Å². The van der Waals surface area contributed by atoms with Crippen LogP contribution in [0.4, 0.5) is 0 Å². The fraction of sp³-hybridized carbons (Fsp3) is 0.857. The van der Waals surface area contributed by atoms with Gasteiger partial charge in [0.25, 0.3) is 0 Å². The summed E-state index contributed by atoms with van der Waals surface area (Å²) >= 11 is 0. The largest absolute Gasteiger partial charge is 0.462 e. The topological polar surface area (TPSA) is 61.5 Å². The molecule has 0 aliphatic carbocycles. The number of carbonyl (C=O) groups is 1. The summed E-state index contributed by atoms with van der Waals surface area (Å²) < 4.78 is 9.63. The van der Waals surface area contributed by atoms with Crippen LogP contribution < -0.4 is 5.73 Å². The van der Waals surface area contributed by atoms with Crippen molar-refractivity contribution < 1.29 is 14.3 Å². The van der Waals surface area contributed by atoms with Crippen molar-refractivity contribution in [1.82, 2.24) is 0 Å². The maximum absolute atomic E-state index is 10.8. The minimum Gasteiger partial charge on any atom is -0.462 e. The molecule has 0 aromatic heterocycles. The van der Waals surface area contributed by atoms with Crippen LogP contribution in [0.25, 0.3) is 0 Å². The Morgan fingerprint density at radius 2 is 2.00 bits per heavy atom. The van der Waals surface area contributed by atoms with E-state index < -0.39 is 12.0 Å². The lowest BCUT2D eigenvalue weighted by Crippen LogP contribution is -2.31. The molecule has 2 atom stereocenters. The fourth-order valence-electron chi connectivity index (χ4n) is 0.399. The van der Waals surface area contributed by atoms with Crippen molar-refractivity contribution in [3.63, 3.8) is 0 Å². The van der Waals surface area contributed by atoms with Gasteiger partial charge in [0.1, 0.15) is 12.6 Å². The molecule has 2 N–H and O–H groups in total. The second-order valence-electron chi connectivity index (χ2n) is 2.47. The van der Waals surface area contributed by atoms with Crippen LogP contribution in [-0.2, 0) is 14.3 Å². The molecule has 0 saturated carbocycles. The van der Waals surface area contributed by atoms with Crippen LogP contribution in [0.2, 0.25) is 0 Å². The van der Waals surface area contributed by atoms with Crippen molar-refractivity contribution in [3.8, 4) is 0 Å². The number of ether oxygens (including phenoxy) is 2. The van der Waals surface area contributed by atoms with Gasteiger partial charge >= 0.3 is 5.97 Å². The highest BCUT2D eigenvalue weighted by atomic mass is 35.5. The molecule has 5 heteroatoms. The van der Waals surface area contributed by atoms with Gasteiger partial charge < -0.3 is 15.2 Å². The zero-order valence-corrected chi connectivity index (χ0v) is 8.39. The minimum absolute atomic E-state index is 0. The maximum atomic E-state index is 10.8. The number of carbonyl (C=O) groups excluding carboxylic acids is 1. The number of esters is 1. The average molecular weight is 198 g/mol. The van der Waals surface area contributed by atoms with E-state index in [1.54, 1.807) is 14.0 Å². The predicted octanol–water partition coefficient (Wildman–Crippen LogP) is 0.333. The summed E-state index contributed by atoms with van der Waals surface area (Å²) in [5.74, 6) is -0.395. The Bertz CT molecular complexity index is 130. The number of hydrogen-bond donors (Lipinski definition) is 1. The van der Waals surface area contributed by atoms with Gasteiger partial charge in [-0.3, -0.25) is 4.79 Å². The second-order valence-corrected chi connectivity index (χ2v) is 2.47. The van der Waals surface area contributed by atoms with E-state index in [4.69, 9.17) is 15.2 Å². The van der Waals surface area contributed by atoms with Crippen molar-refractivity contribution in [2.45, 2.75) is 26.0 Å². The molecule has 0 radical (unpaired) electrons. The molecule has 74 valence electrons. The molecule has 0 saturated heterocycles. The first kappa shape index (κ1) is 14.2. The molecule has 0 fully saturated rings. The first-order valence-corrected chi connectivity index (χ1v) is 3.53. The van der Waals surface area contributed by atoms with Crippen molar-refractivity contribution in [1.29, 1.82) is 0 Å². The molecule has 0 rings (SSSR count). The van der Waals surface area contributed by atoms with Crippen LogP contribution in [-0.4, -0.2) is 31.8 Å². The van der Waals surface area contributed by atoms with Crippen molar-refractivity contribution in [3.05, 3.63) is 0 Å². The normalized spacial score (nSPS) is 14.3. The molecule has 0 bridgehead atoms. The van der Waals surface area contributed by atoms with Crippen molar-refractivity contribution >= 4 is 18.4 Å². The highest BCUT2D eigenvalue weighted by Gasteiger charge is 2.09. The van der Waals surface area contributed by atoms with Crippen LogP contribution >= 0.6 is 12.4 Å². The summed E-state index contributed by atoms with van der Waals surface area (Å²) in [5, 5.41) is 0. The van der Waals surface area contributed by atoms with E-state index in [0.29, 0.717) is 0 Å². The summed E-state index contributed by atoms with van der Waals surface area (Å²) in [5.41, 5.74) is 5.25. The summed E-state index contributed by atoms with van der Waals surface area (Å²) in [4.78, 5) is 10.8. The lowest BCUT2D eigenvalue weighted by molar-refractivity contribution is -0.147. The van der Waals surface area contributed by atoms with Crippen LogP contribution in [0.3, 0.4) is 0 Å². The molecule has 4 nitrogen and oxygen atoms in total. The SMILES string of the molecule is COC(C)COC(=O)C(C)N.Cl. The lowest BCUT2D eigenvalue weighted by Gasteiger charge is -2.11. The highest BCUT2D eigenvalue weighted by molar-refractivity contribution is 5.85. The van der Waals surface area contributed by atoms with Crippen molar-refractivity contribution in [2.24, 2.45) is 5.73 Å². The zero-order chi connectivity index (χ0) is 8.85. The van der Waals surface area contributed by atoms with E-state index in [1.807, 2.05) is 6.92 Å². The lowest BCUT2D eigenvalue weighted by atomic mass is 10.4. The quantitative estimate of drug-likeness (QED) is 0.660. The smallest absolute Gasteiger partial charge is 0.322 e. The van der Waals surface area contributed by atoms with E-state index in [-0.39, 0.29) is 25.1 Å². The van der Waals surface area contributed by atoms with Gasteiger partial charge in [-0.25, -0.2) is 0 Å². The molecule has 0 amide bonds. The third-order valence-corrected chi connectivity index (χ3v) is 1.23. The number of rotatable bonds is 4. The van der Waals surface area contributed by atoms with Crippen LogP contribution in [0.5, 0.6) is 0 Å². The Hall–Kier alpha value is -0.320. The van der Waals surface area contributed by atoms with Gasteiger partial charge in [0, 0.05) is 7.11 Å². The van der Waals surface area contributed by atoms with Crippen LogP contribution in [0.15, 0.2) is 0 Å². The van der Waals surface area contributed by atoms with Gasteiger partial charge in [-0.05, 0) is 13.8 Å². The van der Waals surface area contributed by atoms with Crippen molar-refractivity contribution in [2.75, 3.05) is 13.7 Å². The molecule has 0 aliphatic heterocycles. The standard InChI is InChI=1S/C7H15NO3.ClH/c1-5(10-3)4-11-7(9)6(2)8;/h5-6H,4,8H2,1-3H3;1H. The summed E-state index contributed by atoms with van der Waals surface area (Å²) in [7, 11) is 1.56. The van der Waals surface area contributed by atoms with E-state index in [1.165, 1.54) is 0 Å². The van der Waals surface area contributed by atoms with Gasteiger partial charge in [-0.2, -0.15) is 0 Å². The van der Waals surface area contributed by atoms with E-state index in [9.17, 15) is 4.79 Å². The second kappa shape index (κ2) is 7.34. The minimum atomic E-state index is -0.556. The Balaban J connectivity index is 0. The Morgan fingerprint density at radius 1 is 1.50 bits per heavy atom. The predicted molar refractivity (Wildman–Crippen MR) is 48.3 cm³/mol. The summed E-state index contributed by atoms with van der Waals surface area (Å²) in [6.45, 7) is 3.66. The molecule has 0 aliphatic rings. The van der Waals surface area contributed by atoms with Gasteiger partial charge in [0.05, 0.1) is 6.10 Å². The van der Waals surface area contributed by atoms with Gasteiger partial charge in [0.2, 0.25) is 0 Å². The third kappa shape index (κ3) is 6.39. The third-order valence-electron chi connectivity index (χ3n) is 1.23. The molecule has 0 heterocycles. The molecule has 2 unspecified atom stereocenters. The Kier molecular flexibility index (Phi) is 8.69. The number of nitrogens with two attached hydrogens (primary N) is 1. The fourth-order valence-corrected chi connectivity index (χ4v) is 0.399. The average Bonchev–Trinajstić information content (AvgIpc) is 1.99. The van der Waals surface area contributed by atoms with E-state index in [2.05, 4.69) is 0 Å². The Morgan fingerprint density at radius 3 is 2.33 bits per heavy atom. The molecule has 0 aromatic carbocycles. The summed E-state index contributed by atoms with van der Waals surface area (Å²) in [6, 6.07) is -0.556. The van der Waals surface area contributed by atoms with Gasteiger partial charge in [0.15, 0.2) is 0 Å². The number of hydrogen-bond acceptors (Lipinski definition) is 4. The maximum Gasteiger partial charge on any atom is 0.322 e. The number of halogens is 1. The molecule has 12 heavy (non-hydrogen) atoms. The number of methoxy groups -OCH3 is 1.